The Morgan fingerprint density at radius 3 is 2.95 bits per heavy atom. The molecule has 0 bridgehead atoms. The van der Waals surface area contributed by atoms with Crippen molar-refractivity contribution in [3.8, 4) is 0 Å². The largest absolute Gasteiger partial charge is 0.464 e. The van der Waals surface area contributed by atoms with Gasteiger partial charge in [-0.25, -0.2) is 4.79 Å². The third-order valence-electron chi connectivity index (χ3n) is 4.12. The van der Waals surface area contributed by atoms with Gasteiger partial charge in [-0.15, -0.1) is 0 Å². The van der Waals surface area contributed by atoms with Crippen LogP contribution in [0.15, 0.2) is 30.5 Å². The zero-order valence-corrected chi connectivity index (χ0v) is 12.7. The molecule has 4 heteroatoms. The van der Waals surface area contributed by atoms with Gasteiger partial charge in [-0.3, -0.25) is 0 Å². The summed E-state index contributed by atoms with van der Waals surface area (Å²) in [6.07, 6.45) is 3.09. The van der Waals surface area contributed by atoms with Crippen molar-refractivity contribution in [1.29, 1.82) is 0 Å². The molecule has 0 saturated heterocycles. The number of hydrogen-bond donors (Lipinski definition) is 0. The lowest BCUT2D eigenvalue weighted by Gasteiger charge is -2.20. The third kappa shape index (κ3) is 2.42. The van der Waals surface area contributed by atoms with Crippen LogP contribution in [0.5, 0.6) is 0 Å². The molecule has 0 fully saturated rings. The predicted molar refractivity (Wildman–Crippen MR) is 82.7 cm³/mol. The minimum Gasteiger partial charge on any atom is -0.464 e. The highest BCUT2D eigenvalue weighted by molar-refractivity contribution is 5.88. The number of nitrogens with zero attached hydrogens (tertiary/aromatic N) is 2. The van der Waals surface area contributed by atoms with E-state index in [1.807, 2.05) is 23.9 Å². The predicted octanol–water partition coefficient (Wildman–Crippen LogP) is 2.68. The normalized spacial score (nSPS) is 13.4. The second-order valence-corrected chi connectivity index (χ2v) is 5.59. The second kappa shape index (κ2) is 5.28. The Labute approximate surface area is 124 Å². The maximum atomic E-state index is 11.7. The van der Waals surface area contributed by atoms with Crippen LogP contribution in [0, 0.1) is 6.92 Å². The summed E-state index contributed by atoms with van der Waals surface area (Å²) in [5.74, 6) is -0.290. The number of methoxy groups -OCH3 is 1. The van der Waals surface area contributed by atoms with E-state index in [0.29, 0.717) is 5.69 Å². The van der Waals surface area contributed by atoms with Crippen molar-refractivity contribution in [2.24, 2.45) is 7.05 Å². The monoisotopic (exact) mass is 284 g/mol. The number of rotatable bonds is 3. The highest BCUT2D eigenvalue weighted by atomic mass is 16.5. The van der Waals surface area contributed by atoms with Crippen LogP contribution in [0.2, 0.25) is 0 Å². The number of carbonyl (C=O) groups is 1. The SMILES string of the molecule is COC(=O)c1cc(CN2CCc3cccc(C)c32)cn1C. The van der Waals surface area contributed by atoms with Gasteiger partial charge in [-0.2, -0.15) is 0 Å². The van der Waals surface area contributed by atoms with Crippen LogP contribution in [0.25, 0.3) is 0 Å². The molecule has 110 valence electrons. The molecule has 1 aromatic carbocycles. The van der Waals surface area contributed by atoms with Crippen molar-refractivity contribution in [3.63, 3.8) is 0 Å². The standard InChI is InChI=1S/C17H20N2O2/c1-12-5-4-6-14-7-8-19(16(12)14)11-13-9-15(17(20)21-3)18(2)10-13/h4-6,9-10H,7-8,11H2,1-3H3. The minimum atomic E-state index is -0.290. The van der Waals surface area contributed by atoms with Crippen LogP contribution in [0.1, 0.15) is 27.2 Å². The van der Waals surface area contributed by atoms with Gasteiger partial charge in [0.2, 0.25) is 0 Å². The minimum absolute atomic E-state index is 0.290. The Bertz CT molecular complexity index is 688. The van der Waals surface area contributed by atoms with E-state index in [0.717, 1.165) is 25.1 Å². The average Bonchev–Trinajstić information content (AvgIpc) is 3.03. The number of benzene rings is 1. The van der Waals surface area contributed by atoms with Crippen LogP contribution in [0.3, 0.4) is 0 Å². The lowest BCUT2D eigenvalue weighted by atomic mass is 10.1. The van der Waals surface area contributed by atoms with Crippen molar-refractivity contribution in [2.45, 2.75) is 19.9 Å². The van der Waals surface area contributed by atoms with E-state index in [9.17, 15) is 4.79 Å². The van der Waals surface area contributed by atoms with E-state index in [1.165, 1.54) is 23.9 Å². The molecule has 0 radical (unpaired) electrons. The first-order chi connectivity index (χ1) is 10.1. The molecule has 0 atom stereocenters. The Morgan fingerprint density at radius 2 is 2.19 bits per heavy atom. The van der Waals surface area contributed by atoms with Gasteiger partial charge >= 0.3 is 5.97 Å². The summed E-state index contributed by atoms with van der Waals surface area (Å²) in [5.41, 5.74) is 5.81. The van der Waals surface area contributed by atoms with Crippen molar-refractivity contribution >= 4 is 11.7 Å². The number of hydrogen-bond acceptors (Lipinski definition) is 3. The summed E-state index contributed by atoms with van der Waals surface area (Å²) in [6, 6.07) is 8.40. The van der Waals surface area contributed by atoms with Crippen molar-refractivity contribution in [2.75, 3.05) is 18.6 Å². The van der Waals surface area contributed by atoms with Crippen LogP contribution in [0.4, 0.5) is 5.69 Å². The Morgan fingerprint density at radius 1 is 1.38 bits per heavy atom. The quantitative estimate of drug-likeness (QED) is 0.813. The molecule has 1 aromatic heterocycles. The third-order valence-corrected chi connectivity index (χ3v) is 4.12. The fraction of sp³-hybridized carbons (Fsp3) is 0.353. The first kappa shape index (κ1) is 13.7. The fourth-order valence-electron chi connectivity index (χ4n) is 3.15. The van der Waals surface area contributed by atoms with Gasteiger partial charge in [0, 0.05) is 32.0 Å². The van der Waals surface area contributed by atoms with E-state index in [1.54, 1.807) is 0 Å². The number of para-hydroxylation sites is 1. The Kier molecular flexibility index (Phi) is 3.45. The first-order valence-electron chi connectivity index (χ1n) is 7.17. The van der Waals surface area contributed by atoms with Crippen LogP contribution in [-0.2, 0) is 24.8 Å². The molecule has 0 N–H and O–H groups in total. The molecule has 0 saturated carbocycles. The van der Waals surface area contributed by atoms with Crippen molar-refractivity contribution < 1.29 is 9.53 Å². The maximum Gasteiger partial charge on any atom is 0.354 e. The molecule has 2 aromatic rings. The summed E-state index contributed by atoms with van der Waals surface area (Å²) in [7, 11) is 3.29. The lowest BCUT2D eigenvalue weighted by molar-refractivity contribution is 0.0590. The van der Waals surface area contributed by atoms with E-state index in [2.05, 4.69) is 30.0 Å². The van der Waals surface area contributed by atoms with Crippen LogP contribution < -0.4 is 4.90 Å². The molecular formula is C17H20N2O2. The molecule has 4 nitrogen and oxygen atoms in total. The smallest absolute Gasteiger partial charge is 0.354 e. The number of esters is 1. The maximum absolute atomic E-state index is 11.7. The van der Waals surface area contributed by atoms with E-state index in [4.69, 9.17) is 4.74 Å². The highest BCUT2D eigenvalue weighted by Crippen LogP contribution is 2.32. The van der Waals surface area contributed by atoms with Crippen LogP contribution in [-0.4, -0.2) is 24.2 Å². The number of aryl methyl sites for hydroxylation is 2. The Hall–Kier alpha value is -2.23. The summed E-state index contributed by atoms with van der Waals surface area (Å²) in [5, 5.41) is 0. The van der Waals surface area contributed by atoms with Gasteiger partial charge in [-0.1, -0.05) is 18.2 Å². The molecule has 0 amide bonds. The number of ether oxygens (including phenoxy) is 1. The van der Waals surface area contributed by atoms with E-state index < -0.39 is 0 Å². The average molecular weight is 284 g/mol. The number of aromatic nitrogens is 1. The number of anilines is 1. The molecule has 1 aliphatic heterocycles. The topological polar surface area (TPSA) is 34.5 Å². The first-order valence-corrected chi connectivity index (χ1v) is 7.17. The summed E-state index contributed by atoms with van der Waals surface area (Å²) >= 11 is 0. The fourth-order valence-corrected chi connectivity index (χ4v) is 3.15. The van der Waals surface area contributed by atoms with Gasteiger partial charge in [0.25, 0.3) is 0 Å². The van der Waals surface area contributed by atoms with Crippen molar-refractivity contribution in [3.05, 3.63) is 52.8 Å². The molecule has 0 unspecified atom stereocenters. The molecule has 1 aliphatic rings. The Balaban J connectivity index is 1.85. The number of carbonyl (C=O) groups excluding carboxylic acids is 1. The molecule has 2 heterocycles. The molecule has 21 heavy (non-hydrogen) atoms. The summed E-state index contributed by atoms with van der Waals surface area (Å²) in [4.78, 5) is 14.1. The molecule has 3 rings (SSSR count). The molecular weight excluding hydrogens is 264 g/mol. The van der Waals surface area contributed by atoms with Crippen LogP contribution >= 0.6 is 0 Å². The van der Waals surface area contributed by atoms with Crippen molar-refractivity contribution in [1.82, 2.24) is 4.57 Å². The van der Waals surface area contributed by atoms with Gasteiger partial charge < -0.3 is 14.2 Å². The number of fused-ring (bicyclic) bond motifs is 1. The van der Waals surface area contributed by atoms with E-state index in [-0.39, 0.29) is 5.97 Å². The van der Waals surface area contributed by atoms with Gasteiger partial charge in [-0.05, 0) is 36.1 Å². The summed E-state index contributed by atoms with van der Waals surface area (Å²) in [6.45, 7) is 4.01. The zero-order chi connectivity index (χ0) is 15.0. The van der Waals surface area contributed by atoms with E-state index >= 15 is 0 Å². The zero-order valence-electron chi connectivity index (χ0n) is 12.7. The summed E-state index contributed by atoms with van der Waals surface area (Å²) < 4.78 is 6.63. The lowest BCUT2D eigenvalue weighted by Crippen LogP contribution is -2.20. The highest BCUT2D eigenvalue weighted by Gasteiger charge is 2.22. The van der Waals surface area contributed by atoms with Gasteiger partial charge in [0.15, 0.2) is 0 Å². The molecule has 0 spiro atoms. The second-order valence-electron chi connectivity index (χ2n) is 5.59. The molecule has 0 aliphatic carbocycles. The van der Waals surface area contributed by atoms with Gasteiger partial charge in [0.05, 0.1) is 7.11 Å². The van der Waals surface area contributed by atoms with Gasteiger partial charge in [0.1, 0.15) is 5.69 Å².